The van der Waals surface area contributed by atoms with Gasteiger partial charge in [-0.2, -0.15) is 17.0 Å². The van der Waals surface area contributed by atoms with Gasteiger partial charge in [0.15, 0.2) is 5.78 Å². The Bertz CT molecular complexity index is 614. The van der Waals surface area contributed by atoms with Gasteiger partial charge in [0.25, 0.3) is 10.2 Å². The number of Topliss-reactive ketones (excluding diaryl/α,β-unsaturated/α-hetero) is 1. The lowest BCUT2D eigenvalue weighted by molar-refractivity contribution is 0.0960. The SMILES string of the molecule is CN(C)S(=O)(=O)N1CCC[C@H]1CC(=O)c1ccc(F)cc1. The number of halogens is 1. The third-order valence-corrected chi connectivity index (χ3v) is 5.66. The van der Waals surface area contributed by atoms with E-state index in [1.165, 1.54) is 42.7 Å². The van der Waals surface area contributed by atoms with Gasteiger partial charge in [-0.1, -0.05) is 0 Å². The largest absolute Gasteiger partial charge is 0.294 e. The molecule has 0 spiro atoms. The maximum Gasteiger partial charge on any atom is 0.281 e. The molecule has 0 radical (unpaired) electrons. The van der Waals surface area contributed by atoms with Crippen LogP contribution in [0.2, 0.25) is 0 Å². The van der Waals surface area contributed by atoms with Crippen molar-refractivity contribution in [3.05, 3.63) is 35.6 Å². The summed E-state index contributed by atoms with van der Waals surface area (Å²) < 4.78 is 39.8. The van der Waals surface area contributed by atoms with E-state index >= 15 is 0 Å². The lowest BCUT2D eigenvalue weighted by atomic mass is 10.0. The topological polar surface area (TPSA) is 57.7 Å². The van der Waals surface area contributed by atoms with Crippen LogP contribution in [-0.4, -0.2) is 49.5 Å². The van der Waals surface area contributed by atoms with E-state index in [0.717, 1.165) is 10.7 Å². The molecule has 1 saturated heterocycles. The molecule has 0 saturated carbocycles. The Labute approximate surface area is 124 Å². The first-order chi connectivity index (χ1) is 9.82. The molecule has 0 aromatic heterocycles. The van der Waals surface area contributed by atoms with Crippen molar-refractivity contribution < 1.29 is 17.6 Å². The minimum Gasteiger partial charge on any atom is -0.294 e. The third kappa shape index (κ3) is 3.48. The molecule has 1 heterocycles. The predicted octanol–water partition coefficient (Wildman–Crippen LogP) is 1.67. The minimum absolute atomic E-state index is 0.124. The second-order valence-corrected chi connectivity index (χ2v) is 7.43. The van der Waals surface area contributed by atoms with Crippen molar-refractivity contribution >= 4 is 16.0 Å². The average molecular weight is 314 g/mol. The summed E-state index contributed by atoms with van der Waals surface area (Å²) >= 11 is 0. The summed E-state index contributed by atoms with van der Waals surface area (Å²) in [5.41, 5.74) is 0.408. The molecule has 116 valence electrons. The number of hydrogen-bond donors (Lipinski definition) is 0. The third-order valence-electron chi connectivity index (χ3n) is 3.67. The fraction of sp³-hybridized carbons (Fsp3) is 0.500. The van der Waals surface area contributed by atoms with Crippen LogP contribution in [0.5, 0.6) is 0 Å². The van der Waals surface area contributed by atoms with Crippen molar-refractivity contribution in [2.45, 2.75) is 25.3 Å². The van der Waals surface area contributed by atoms with E-state index in [1.807, 2.05) is 0 Å². The molecule has 1 fully saturated rings. The van der Waals surface area contributed by atoms with Crippen LogP contribution < -0.4 is 0 Å². The molecule has 2 rings (SSSR count). The van der Waals surface area contributed by atoms with Crippen molar-refractivity contribution in [3.63, 3.8) is 0 Å². The van der Waals surface area contributed by atoms with Gasteiger partial charge in [0, 0.05) is 38.7 Å². The van der Waals surface area contributed by atoms with E-state index in [9.17, 15) is 17.6 Å². The molecule has 7 heteroatoms. The molecule has 0 N–H and O–H groups in total. The van der Waals surface area contributed by atoms with Gasteiger partial charge < -0.3 is 0 Å². The van der Waals surface area contributed by atoms with Crippen LogP contribution in [0.25, 0.3) is 0 Å². The summed E-state index contributed by atoms with van der Waals surface area (Å²) in [4.78, 5) is 12.2. The number of ketones is 1. The first kappa shape index (κ1) is 16.1. The fourth-order valence-corrected chi connectivity index (χ4v) is 3.83. The summed E-state index contributed by atoms with van der Waals surface area (Å²) in [6.45, 7) is 0.432. The quantitative estimate of drug-likeness (QED) is 0.777. The van der Waals surface area contributed by atoms with E-state index in [-0.39, 0.29) is 18.2 Å². The summed E-state index contributed by atoms with van der Waals surface area (Å²) in [7, 11) is -0.549. The molecular weight excluding hydrogens is 295 g/mol. The molecule has 1 aliphatic rings. The van der Waals surface area contributed by atoms with Crippen molar-refractivity contribution in [2.24, 2.45) is 0 Å². The molecule has 5 nitrogen and oxygen atoms in total. The predicted molar refractivity (Wildman–Crippen MR) is 77.7 cm³/mol. The molecule has 0 aliphatic carbocycles. The number of nitrogens with zero attached hydrogens (tertiary/aromatic N) is 2. The maximum absolute atomic E-state index is 12.9. The Kier molecular flexibility index (Phi) is 4.75. The van der Waals surface area contributed by atoms with E-state index in [4.69, 9.17) is 0 Å². The van der Waals surface area contributed by atoms with Gasteiger partial charge in [0.2, 0.25) is 0 Å². The molecule has 0 bridgehead atoms. The van der Waals surface area contributed by atoms with Crippen LogP contribution >= 0.6 is 0 Å². The second kappa shape index (κ2) is 6.21. The Morgan fingerprint density at radius 3 is 2.52 bits per heavy atom. The molecule has 0 amide bonds. The van der Waals surface area contributed by atoms with Crippen LogP contribution in [0.3, 0.4) is 0 Å². The molecule has 1 atom stereocenters. The highest BCUT2D eigenvalue weighted by Gasteiger charge is 2.36. The average Bonchev–Trinajstić information content (AvgIpc) is 2.88. The van der Waals surface area contributed by atoms with E-state index in [0.29, 0.717) is 18.5 Å². The second-order valence-electron chi connectivity index (χ2n) is 5.33. The Balaban J connectivity index is 2.11. The first-order valence-corrected chi connectivity index (χ1v) is 8.20. The summed E-state index contributed by atoms with van der Waals surface area (Å²) in [6, 6.07) is 5.00. The van der Waals surface area contributed by atoms with Gasteiger partial charge in [-0.3, -0.25) is 4.79 Å². The zero-order chi connectivity index (χ0) is 15.6. The number of hydrogen-bond acceptors (Lipinski definition) is 3. The van der Waals surface area contributed by atoms with Crippen molar-refractivity contribution in [1.29, 1.82) is 0 Å². The Morgan fingerprint density at radius 1 is 1.33 bits per heavy atom. The first-order valence-electron chi connectivity index (χ1n) is 6.80. The molecule has 21 heavy (non-hydrogen) atoms. The fourth-order valence-electron chi connectivity index (χ4n) is 2.49. The normalized spacial score (nSPS) is 20.1. The maximum atomic E-state index is 12.9. The number of carbonyl (C=O) groups excluding carboxylic acids is 1. The summed E-state index contributed by atoms with van der Waals surface area (Å²) in [5.74, 6) is -0.565. The van der Waals surface area contributed by atoms with E-state index < -0.39 is 16.0 Å². The standard InChI is InChI=1S/C14H19FN2O3S/c1-16(2)21(19,20)17-9-3-4-13(17)10-14(18)11-5-7-12(15)8-6-11/h5-8,13H,3-4,9-10H2,1-2H3/t13-/m0/s1. The van der Waals surface area contributed by atoms with Gasteiger partial charge in [-0.25, -0.2) is 4.39 Å². The highest BCUT2D eigenvalue weighted by Crippen LogP contribution is 2.25. The van der Waals surface area contributed by atoms with E-state index in [2.05, 4.69) is 0 Å². The minimum atomic E-state index is -3.51. The summed E-state index contributed by atoms with van der Waals surface area (Å²) in [5, 5.41) is 0. The van der Waals surface area contributed by atoms with Gasteiger partial charge in [0.1, 0.15) is 5.82 Å². The monoisotopic (exact) mass is 314 g/mol. The van der Waals surface area contributed by atoms with Crippen LogP contribution in [0.1, 0.15) is 29.6 Å². The lowest BCUT2D eigenvalue weighted by Gasteiger charge is -2.26. The van der Waals surface area contributed by atoms with Crippen LogP contribution in [0, 0.1) is 5.82 Å². The number of carbonyl (C=O) groups is 1. The van der Waals surface area contributed by atoms with Gasteiger partial charge in [0.05, 0.1) is 0 Å². The van der Waals surface area contributed by atoms with Crippen molar-refractivity contribution in [2.75, 3.05) is 20.6 Å². The van der Waals surface area contributed by atoms with Gasteiger partial charge in [-0.15, -0.1) is 0 Å². The molecular formula is C14H19FN2O3S. The highest BCUT2D eigenvalue weighted by atomic mass is 32.2. The Morgan fingerprint density at radius 2 is 1.95 bits per heavy atom. The van der Waals surface area contributed by atoms with Crippen molar-refractivity contribution in [3.8, 4) is 0 Å². The van der Waals surface area contributed by atoms with Gasteiger partial charge in [-0.05, 0) is 37.1 Å². The lowest BCUT2D eigenvalue weighted by Crippen LogP contribution is -2.43. The van der Waals surface area contributed by atoms with Gasteiger partial charge >= 0.3 is 0 Å². The van der Waals surface area contributed by atoms with Crippen LogP contribution in [0.4, 0.5) is 4.39 Å². The molecule has 0 unspecified atom stereocenters. The molecule has 1 aromatic rings. The zero-order valence-corrected chi connectivity index (χ0v) is 12.9. The van der Waals surface area contributed by atoms with E-state index in [1.54, 1.807) is 0 Å². The number of benzene rings is 1. The van der Waals surface area contributed by atoms with Crippen molar-refractivity contribution in [1.82, 2.24) is 8.61 Å². The smallest absolute Gasteiger partial charge is 0.281 e. The van der Waals surface area contributed by atoms with Crippen LogP contribution in [0.15, 0.2) is 24.3 Å². The summed E-state index contributed by atoms with van der Waals surface area (Å²) in [6.07, 6.45) is 1.53. The Hall–Kier alpha value is -1.31. The molecule has 1 aromatic carbocycles. The zero-order valence-electron chi connectivity index (χ0n) is 12.1. The molecule has 1 aliphatic heterocycles. The number of rotatable bonds is 5. The highest BCUT2D eigenvalue weighted by molar-refractivity contribution is 7.86. The van der Waals surface area contributed by atoms with Crippen LogP contribution in [-0.2, 0) is 10.2 Å².